The summed E-state index contributed by atoms with van der Waals surface area (Å²) in [6.07, 6.45) is 7.73. The van der Waals surface area contributed by atoms with Gasteiger partial charge in [0.1, 0.15) is 5.52 Å². The molecule has 5 heteroatoms. The first-order valence-corrected chi connectivity index (χ1v) is 8.36. The van der Waals surface area contributed by atoms with E-state index in [1.165, 1.54) is 38.5 Å². The summed E-state index contributed by atoms with van der Waals surface area (Å²) in [7, 11) is 0. The van der Waals surface area contributed by atoms with Gasteiger partial charge in [-0.15, -0.1) is 0 Å². The van der Waals surface area contributed by atoms with Gasteiger partial charge in [0, 0.05) is 12.6 Å². The molecule has 3 rings (SSSR count). The molecule has 0 spiro atoms. The molecule has 2 aromatic heterocycles. The van der Waals surface area contributed by atoms with Crippen LogP contribution >= 0.6 is 0 Å². The van der Waals surface area contributed by atoms with Crippen molar-refractivity contribution in [2.24, 2.45) is 5.92 Å². The van der Waals surface area contributed by atoms with Gasteiger partial charge in [-0.2, -0.15) is 5.10 Å². The van der Waals surface area contributed by atoms with Crippen molar-refractivity contribution < 1.29 is 0 Å². The summed E-state index contributed by atoms with van der Waals surface area (Å²) in [6, 6.07) is 0.490. The van der Waals surface area contributed by atoms with E-state index in [0.29, 0.717) is 12.0 Å². The van der Waals surface area contributed by atoms with E-state index in [-0.39, 0.29) is 0 Å². The molecule has 0 bridgehead atoms. The van der Waals surface area contributed by atoms with Gasteiger partial charge in [0.25, 0.3) is 0 Å². The van der Waals surface area contributed by atoms with Crippen LogP contribution in [0.25, 0.3) is 11.2 Å². The highest BCUT2D eigenvalue weighted by atomic mass is 15.4. The molecule has 2 heterocycles. The SMILES string of the molecule is CCCC1CCC(n2c(N)nc3c(C)nn(CC)c32)CC1. The summed E-state index contributed by atoms with van der Waals surface area (Å²) < 4.78 is 4.30. The van der Waals surface area contributed by atoms with E-state index in [9.17, 15) is 0 Å². The molecule has 21 heavy (non-hydrogen) atoms. The highest BCUT2D eigenvalue weighted by Gasteiger charge is 2.27. The maximum Gasteiger partial charge on any atom is 0.202 e. The molecule has 0 aromatic carbocycles. The van der Waals surface area contributed by atoms with Crippen molar-refractivity contribution >= 4 is 17.1 Å². The zero-order valence-corrected chi connectivity index (χ0v) is 13.5. The Balaban J connectivity index is 1.92. The quantitative estimate of drug-likeness (QED) is 0.934. The second-order valence-corrected chi connectivity index (χ2v) is 6.38. The number of fused-ring (bicyclic) bond motifs is 1. The first kappa shape index (κ1) is 14.4. The van der Waals surface area contributed by atoms with Crippen molar-refractivity contribution in [1.82, 2.24) is 19.3 Å². The number of hydrogen-bond acceptors (Lipinski definition) is 3. The van der Waals surface area contributed by atoms with Gasteiger partial charge < -0.3 is 5.73 Å². The predicted molar refractivity (Wildman–Crippen MR) is 86.2 cm³/mol. The van der Waals surface area contributed by atoms with Gasteiger partial charge in [-0.3, -0.25) is 4.57 Å². The van der Waals surface area contributed by atoms with Crippen LogP contribution in [0.5, 0.6) is 0 Å². The van der Waals surface area contributed by atoms with E-state index in [1.54, 1.807) is 0 Å². The van der Waals surface area contributed by atoms with E-state index in [2.05, 4.69) is 28.5 Å². The molecule has 2 aromatic rings. The van der Waals surface area contributed by atoms with E-state index >= 15 is 0 Å². The molecule has 0 saturated heterocycles. The Morgan fingerprint density at radius 3 is 2.52 bits per heavy atom. The number of aryl methyl sites for hydroxylation is 2. The molecular weight excluding hydrogens is 262 g/mol. The second kappa shape index (κ2) is 5.70. The van der Waals surface area contributed by atoms with Gasteiger partial charge in [-0.25, -0.2) is 9.67 Å². The smallest absolute Gasteiger partial charge is 0.202 e. The molecule has 1 aliphatic rings. The van der Waals surface area contributed by atoms with Crippen LogP contribution in [-0.2, 0) is 6.54 Å². The summed E-state index contributed by atoms with van der Waals surface area (Å²) in [6.45, 7) is 7.29. The van der Waals surface area contributed by atoms with Crippen molar-refractivity contribution in [2.45, 2.75) is 71.9 Å². The van der Waals surface area contributed by atoms with Crippen LogP contribution in [-0.4, -0.2) is 19.3 Å². The fourth-order valence-electron chi connectivity index (χ4n) is 3.89. The zero-order chi connectivity index (χ0) is 15.0. The topological polar surface area (TPSA) is 61.7 Å². The Bertz CT molecular complexity index is 616. The molecular formula is C16H27N5. The maximum absolute atomic E-state index is 6.23. The van der Waals surface area contributed by atoms with Gasteiger partial charge in [0.15, 0.2) is 5.65 Å². The molecule has 1 saturated carbocycles. The summed E-state index contributed by atoms with van der Waals surface area (Å²) in [5.41, 5.74) is 9.30. The maximum atomic E-state index is 6.23. The van der Waals surface area contributed by atoms with Crippen molar-refractivity contribution in [3.63, 3.8) is 0 Å². The lowest BCUT2D eigenvalue weighted by Crippen LogP contribution is -2.20. The number of anilines is 1. The zero-order valence-electron chi connectivity index (χ0n) is 13.5. The number of aromatic nitrogens is 4. The van der Waals surface area contributed by atoms with Gasteiger partial charge in [-0.05, 0) is 45.4 Å². The molecule has 0 atom stereocenters. The van der Waals surface area contributed by atoms with E-state index < -0.39 is 0 Å². The van der Waals surface area contributed by atoms with Crippen molar-refractivity contribution in [3.8, 4) is 0 Å². The minimum atomic E-state index is 0.490. The monoisotopic (exact) mass is 289 g/mol. The van der Waals surface area contributed by atoms with Crippen molar-refractivity contribution in [2.75, 3.05) is 5.73 Å². The molecule has 0 aliphatic heterocycles. The number of hydrogen-bond donors (Lipinski definition) is 1. The van der Waals surface area contributed by atoms with E-state index in [1.807, 2.05) is 11.6 Å². The first-order valence-electron chi connectivity index (χ1n) is 8.36. The lowest BCUT2D eigenvalue weighted by Gasteiger charge is -2.30. The third kappa shape index (κ3) is 2.43. The Morgan fingerprint density at radius 1 is 1.19 bits per heavy atom. The normalized spacial score (nSPS) is 23.0. The van der Waals surface area contributed by atoms with Crippen LogP contribution in [0, 0.1) is 12.8 Å². The number of imidazole rings is 1. The Kier molecular flexibility index (Phi) is 3.91. The molecule has 116 valence electrons. The first-order chi connectivity index (χ1) is 10.2. The second-order valence-electron chi connectivity index (χ2n) is 6.38. The van der Waals surface area contributed by atoms with Gasteiger partial charge in [0.05, 0.1) is 5.69 Å². The molecule has 1 aliphatic carbocycles. The summed E-state index contributed by atoms with van der Waals surface area (Å²) in [5.74, 6) is 1.57. The van der Waals surface area contributed by atoms with Crippen LogP contribution < -0.4 is 5.73 Å². The predicted octanol–water partition coefficient (Wildman–Crippen LogP) is 3.67. The third-order valence-electron chi connectivity index (χ3n) is 4.95. The standard InChI is InChI=1S/C16H27N5/c1-4-6-12-7-9-13(10-8-12)21-15-14(18-16(21)17)11(3)19-20(15)5-2/h12-13H,4-10H2,1-3H3,(H2,17,18). The molecule has 1 fully saturated rings. The van der Waals surface area contributed by atoms with Gasteiger partial charge in [0.2, 0.25) is 5.95 Å². The van der Waals surface area contributed by atoms with Crippen LogP contribution in [0.1, 0.15) is 64.1 Å². The van der Waals surface area contributed by atoms with E-state index in [4.69, 9.17) is 5.73 Å². The number of nitrogens with zero attached hydrogens (tertiary/aromatic N) is 4. The van der Waals surface area contributed by atoms with Crippen LogP contribution in [0.3, 0.4) is 0 Å². The van der Waals surface area contributed by atoms with Crippen LogP contribution in [0.2, 0.25) is 0 Å². The minimum absolute atomic E-state index is 0.490. The Labute approximate surface area is 126 Å². The van der Waals surface area contributed by atoms with Crippen molar-refractivity contribution in [3.05, 3.63) is 5.69 Å². The minimum Gasteiger partial charge on any atom is -0.369 e. The summed E-state index contributed by atoms with van der Waals surface area (Å²) in [4.78, 5) is 4.57. The number of nitrogens with two attached hydrogens (primary N) is 1. The largest absolute Gasteiger partial charge is 0.369 e. The van der Waals surface area contributed by atoms with Gasteiger partial charge in [-0.1, -0.05) is 19.8 Å². The lowest BCUT2D eigenvalue weighted by molar-refractivity contribution is 0.266. The highest BCUT2D eigenvalue weighted by molar-refractivity contribution is 5.77. The fourth-order valence-corrected chi connectivity index (χ4v) is 3.89. The van der Waals surface area contributed by atoms with Crippen LogP contribution in [0.4, 0.5) is 5.95 Å². The molecule has 0 unspecified atom stereocenters. The third-order valence-corrected chi connectivity index (χ3v) is 4.95. The highest BCUT2D eigenvalue weighted by Crippen LogP contribution is 2.37. The average Bonchev–Trinajstić information content (AvgIpc) is 2.97. The Morgan fingerprint density at radius 2 is 1.90 bits per heavy atom. The van der Waals surface area contributed by atoms with Crippen LogP contribution in [0.15, 0.2) is 0 Å². The molecule has 2 N–H and O–H groups in total. The lowest BCUT2D eigenvalue weighted by atomic mass is 9.83. The summed E-state index contributed by atoms with van der Waals surface area (Å²) >= 11 is 0. The van der Waals surface area contributed by atoms with E-state index in [0.717, 1.165) is 29.3 Å². The van der Waals surface area contributed by atoms with Gasteiger partial charge >= 0.3 is 0 Å². The number of rotatable bonds is 4. The fraction of sp³-hybridized carbons (Fsp3) is 0.750. The number of nitrogen functional groups attached to an aromatic ring is 1. The molecule has 0 amide bonds. The molecule has 5 nitrogen and oxygen atoms in total. The Hall–Kier alpha value is -1.52. The summed E-state index contributed by atoms with van der Waals surface area (Å²) in [5, 5.41) is 4.59. The molecule has 0 radical (unpaired) electrons. The average molecular weight is 289 g/mol. The van der Waals surface area contributed by atoms with Crippen molar-refractivity contribution in [1.29, 1.82) is 0 Å².